The lowest BCUT2D eigenvalue weighted by Crippen LogP contribution is -2.03. The fourth-order valence-corrected chi connectivity index (χ4v) is 1.73. The van der Waals surface area contributed by atoms with Gasteiger partial charge in [0.1, 0.15) is 17.7 Å². The van der Waals surface area contributed by atoms with E-state index in [-0.39, 0.29) is 10.6 Å². The second kappa shape index (κ2) is 4.82. The van der Waals surface area contributed by atoms with Crippen molar-refractivity contribution in [2.45, 2.75) is 6.10 Å². The van der Waals surface area contributed by atoms with Crippen molar-refractivity contribution in [1.29, 1.82) is 0 Å². The number of halogens is 3. The highest BCUT2D eigenvalue weighted by Crippen LogP contribution is 2.28. The average Bonchev–Trinajstić information content (AvgIpc) is 2.34. The number of rotatable bonds is 2. The van der Waals surface area contributed by atoms with E-state index < -0.39 is 17.7 Å². The van der Waals surface area contributed by atoms with Crippen molar-refractivity contribution in [3.05, 3.63) is 70.2 Å². The van der Waals surface area contributed by atoms with Gasteiger partial charge in [0.15, 0.2) is 0 Å². The van der Waals surface area contributed by atoms with Crippen molar-refractivity contribution < 1.29 is 13.9 Å². The summed E-state index contributed by atoms with van der Waals surface area (Å²) in [6.07, 6.45) is -1.16. The van der Waals surface area contributed by atoms with E-state index >= 15 is 0 Å². The molecule has 0 aliphatic rings. The second-order valence-corrected chi connectivity index (χ2v) is 4.01. The van der Waals surface area contributed by atoms with Gasteiger partial charge in [-0.25, -0.2) is 8.78 Å². The molecule has 1 nitrogen and oxygen atoms in total. The van der Waals surface area contributed by atoms with Crippen LogP contribution in [0, 0.1) is 11.6 Å². The molecule has 0 aliphatic heterocycles. The molecule has 88 valence electrons. The predicted molar refractivity (Wildman–Crippen MR) is 61.9 cm³/mol. The van der Waals surface area contributed by atoms with E-state index in [9.17, 15) is 13.9 Å². The SMILES string of the molecule is OC(c1ccccc1)c1cc(Cl)c(F)cc1F. The van der Waals surface area contributed by atoms with Crippen LogP contribution < -0.4 is 0 Å². The fourth-order valence-electron chi connectivity index (χ4n) is 1.56. The van der Waals surface area contributed by atoms with Crippen molar-refractivity contribution in [2.75, 3.05) is 0 Å². The molecule has 0 bridgehead atoms. The first-order valence-corrected chi connectivity index (χ1v) is 5.35. The molecule has 2 rings (SSSR count). The highest BCUT2D eigenvalue weighted by molar-refractivity contribution is 6.30. The molecule has 1 N–H and O–H groups in total. The molecule has 0 saturated heterocycles. The molecule has 2 aromatic rings. The second-order valence-electron chi connectivity index (χ2n) is 3.60. The van der Waals surface area contributed by atoms with Gasteiger partial charge in [0.25, 0.3) is 0 Å². The smallest absolute Gasteiger partial charge is 0.144 e. The summed E-state index contributed by atoms with van der Waals surface area (Å²) in [5.74, 6) is -1.66. The van der Waals surface area contributed by atoms with E-state index in [1.54, 1.807) is 30.3 Å². The molecule has 0 fully saturated rings. The first-order chi connectivity index (χ1) is 8.09. The maximum Gasteiger partial charge on any atom is 0.144 e. The van der Waals surface area contributed by atoms with E-state index in [0.717, 1.165) is 6.07 Å². The number of benzene rings is 2. The Morgan fingerprint density at radius 3 is 2.29 bits per heavy atom. The molecule has 4 heteroatoms. The van der Waals surface area contributed by atoms with Gasteiger partial charge in [0.05, 0.1) is 5.02 Å². The van der Waals surface area contributed by atoms with Crippen LogP contribution in [0.15, 0.2) is 42.5 Å². The standard InChI is InChI=1S/C13H9ClF2O/c14-10-6-9(11(15)7-12(10)16)13(17)8-4-2-1-3-5-8/h1-7,13,17H. The molecule has 0 aromatic heterocycles. The summed E-state index contributed by atoms with van der Waals surface area (Å²) in [5, 5.41) is 9.76. The first-order valence-electron chi connectivity index (χ1n) is 4.97. The van der Waals surface area contributed by atoms with E-state index in [0.29, 0.717) is 11.6 Å². The molecule has 0 aliphatic carbocycles. The molecule has 0 spiro atoms. The Labute approximate surface area is 102 Å². The van der Waals surface area contributed by atoms with Gasteiger partial charge >= 0.3 is 0 Å². The van der Waals surface area contributed by atoms with Gasteiger partial charge in [-0.3, -0.25) is 0 Å². The Morgan fingerprint density at radius 1 is 1.00 bits per heavy atom. The van der Waals surface area contributed by atoms with E-state index in [1.165, 1.54) is 0 Å². The first kappa shape index (κ1) is 12.0. The number of hydrogen-bond acceptors (Lipinski definition) is 1. The maximum absolute atomic E-state index is 13.5. The van der Waals surface area contributed by atoms with Crippen LogP contribution in [0.3, 0.4) is 0 Å². The van der Waals surface area contributed by atoms with Gasteiger partial charge in [0.2, 0.25) is 0 Å². The zero-order chi connectivity index (χ0) is 12.4. The van der Waals surface area contributed by atoms with Crippen molar-refractivity contribution in [3.63, 3.8) is 0 Å². The highest BCUT2D eigenvalue weighted by atomic mass is 35.5. The largest absolute Gasteiger partial charge is 0.384 e. The van der Waals surface area contributed by atoms with Crippen molar-refractivity contribution in [1.82, 2.24) is 0 Å². The third kappa shape index (κ3) is 2.46. The summed E-state index contributed by atoms with van der Waals surface area (Å²) < 4.78 is 26.5. The van der Waals surface area contributed by atoms with Gasteiger partial charge in [-0.1, -0.05) is 41.9 Å². The zero-order valence-corrected chi connectivity index (χ0v) is 9.46. The monoisotopic (exact) mass is 254 g/mol. The minimum absolute atomic E-state index is 0.0393. The summed E-state index contributed by atoms with van der Waals surface area (Å²) in [6, 6.07) is 10.3. The van der Waals surface area contributed by atoms with Gasteiger partial charge in [-0.05, 0) is 11.6 Å². The van der Waals surface area contributed by atoms with Gasteiger partial charge in [-0.15, -0.1) is 0 Å². The molecule has 0 radical (unpaired) electrons. The summed E-state index contributed by atoms with van der Waals surface area (Å²) in [4.78, 5) is 0. The van der Waals surface area contributed by atoms with Crippen molar-refractivity contribution in [2.24, 2.45) is 0 Å². The lowest BCUT2D eigenvalue weighted by atomic mass is 10.0. The van der Waals surface area contributed by atoms with E-state index in [1.807, 2.05) is 0 Å². The van der Waals surface area contributed by atoms with Crippen molar-refractivity contribution >= 4 is 11.6 Å². The highest BCUT2D eigenvalue weighted by Gasteiger charge is 2.17. The van der Waals surface area contributed by atoms with Crippen LogP contribution in [0.25, 0.3) is 0 Å². The van der Waals surface area contributed by atoms with Gasteiger partial charge in [0, 0.05) is 11.6 Å². The Balaban J connectivity index is 2.44. The molecule has 1 atom stereocenters. The lowest BCUT2D eigenvalue weighted by molar-refractivity contribution is 0.214. The molecule has 1 unspecified atom stereocenters. The summed E-state index contributed by atoms with van der Waals surface area (Å²) >= 11 is 5.56. The molecule has 0 heterocycles. The summed E-state index contributed by atoms with van der Waals surface area (Å²) in [6.45, 7) is 0. The van der Waals surface area contributed by atoms with Crippen molar-refractivity contribution in [3.8, 4) is 0 Å². The molecule has 2 aromatic carbocycles. The quantitative estimate of drug-likeness (QED) is 0.810. The summed E-state index contributed by atoms with van der Waals surface area (Å²) in [7, 11) is 0. The third-order valence-electron chi connectivity index (χ3n) is 2.45. The Hall–Kier alpha value is -1.45. The Morgan fingerprint density at radius 2 is 1.65 bits per heavy atom. The predicted octanol–water partition coefficient (Wildman–Crippen LogP) is 3.70. The fraction of sp³-hybridized carbons (Fsp3) is 0.0769. The van der Waals surface area contributed by atoms with Crippen LogP contribution in [0.5, 0.6) is 0 Å². The zero-order valence-electron chi connectivity index (χ0n) is 8.70. The van der Waals surface area contributed by atoms with Crippen LogP contribution in [-0.2, 0) is 0 Å². The molecule has 0 saturated carbocycles. The molecule has 17 heavy (non-hydrogen) atoms. The number of aliphatic hydroxyl groups is 1. The average molecular weight is 255 g/mol. The third-order valence-corrected chi connectivity index (χ3v) is 2.74. The van der Waals surface area contributed by atoms with Crippen LogP contribution in [-0.4, -0.2) is 5.11 Å². The van der Waals surface area contributed by atoms with Crippen LogP contribution in [0.1, 0.15) is 17.2 Å². The maximum atomic E-state index is 13.5. The van der Waals surface area contributed by atoms with Gasteiger partial charge in [-0.2, -0.15) is 0 Å². The Bertz CT molecular complexity index is 528. The number of hydrogen-bond donors (Lipinski definition) is 1. The molecular formula is C13H9ClF2O. The van der Waals surface area contributed by atoms with E-state index in [2.05, 4.69) is 0 Å². The normalized spacial score (nSPS) is 12.5. The van der Waals surface area contributed by atoms with E-state index in [4.69, 9.17) is 11.6 Å². The van der Waals surface area contributed by atoms with Crippen LogP contribution in [0.4, 0.5) is 8.78 Å². The Kier molecular flexibility index (Phi) is 3.41. The van der Waals surface area contributed by atoms with Crippen LogP contribution in [0.2, 0.25) is 5.02 Å². The molecular weight excluding hydrogens is 246 g/mol. The molecule has 0 amide bonds. The van der Waals surface area contributed by atoms with Crippen LogP contribution >= 0.6 is 11.6 Å². The topological polar surface area (TPSA) is 20.2 Å². The number of aliphatic hydroxyl groups excluding tert-OH is 1. The summed E-state index contributed by atoms with van der Waals surface area (Å²) in [5.41, 5.74) is 0.483. The minimum Gasteiger partial charge on any atom is -0.384 e. The van der Waals surface area contributed by atoms with Gasteiger partial charge < -0.3 is 5.11 Å². The minimum atomic E-state index is -1.16. The lowest BCUT2D eigenvalue weighted by Gasteiger charge is -2.12.